The molecule has 0 heterocycles. The standard InChI is InChI=1S/C14H30O2/c1-6-7-8-9-10-14(4,5)16-12-11-13(2,3)15/h15H,6-12H2,1-5H3. The molecule has 0 amide bonds. The lowest BCUT2D eigenvalue weighted by Crippen LogP contribution is -2.28. The molecule has 0 spiro atoms. The van der Waals surface area contributed by atoms with Crippen molar-refractivity contribution in [2.45, 2.75) is 84.3 Å². The highest BCUT2D eigenvalue weighted by atomic mass is 16.5. The predicted molar refractivity (Wildman–Crippen MR) is 69.7 cm³/mol. The Balaban J connectivity index is 3.62. The molecule has 2 heteroatoms. The molecule has 0 atom stereocenters. The molecule has 0 aromatic carbocycles. The normalized spacial score (nSPS) is 13.1. The van der Waals surface area contributed by atoms with Crippen molar-refractivity contribution in [2.75, 3.05) is 6.61 Å². The largest absolute Gasteiger partial charge is 0.390 e. The summed E-state index contributed by atoms with van der Waals surface area (Å²) in [5.74, 6) is 0. The lowest BCUT2D eigenvalue weighted by atomic mass is 9.99. The summed E-state index contributed by atoms with van der Waals surface area (Å²) < 4.78 is 5.83. The van der Waals surface area contributed by atoms with Crippen LogP contribution in [0.5, 0.6) is 0 Å². The summed E-state index contributed by atoms with van der Waals surface area (Å²) in [4.78, 5) is 0. The van der Waals surface area contributed by atoms with Gasteiger partial charge in [-0.25, -0.2) is 0 Å². The maximum atomic E-state index is 9.58. The van der Waals surface area contributed by atoms with Gasteiger partial charge in [-0.05, 0) is 40.5 Å². The Morgan fingerprint density at radius 3 is 2.06 bits per heavy atom. The molecule has 16 heavy (non-hydrogen) atoms. The van der Waals surface area contributed by atoms with Crippen molar-refractivity contribution in [3.05, 3.63) is 0 Å². The van der Waals surface area contributed by atoms with Crippen molar-refractivity contribution >= 4 is 0 Å². The van der Waals surface area contributed by atoms with Gasteiger partial charge in [0.15, 0.2) is 0 Å². The van der Waals surface area contributed by atoms with Crippen LogP contribution >= 0.6 is 0 Å². The molecule has 0 saturated carbocycles. The molecule has 0 aromatic rings. The van der Waals surface area contributed by atoms with E-state index < -0.39 is 5.60 Å². The van der Waals surface area contributed by atoms with Crippen molar-refractivity contribution in [1.29, 1.82) is 0 Å². The van der Waals surface area contributed by atoms with Crippen LogP contribution in [0.1, 0.15) is 73.1 Å². The van der Waals surface area contributed by atoms with E-state index in [1.54, 1.807) is 0 Å². The first-order valence-corrected chi connectivity index (χ1v) is 6.63. The molecule has 1 N–H and O–H groups in total. The second-order valence-corrected chi connectivity index (χ2v) is 5.98. The lowest BCUT2D eigenvalue weighted by molar-refractivity contribution is -0.0509. The van der Waals surface area contributed by atoms with E-state index in [-0.39, 0.29) is 5.60 Å². The van der Waals surface area contributed by atoms with Gasteiger partial charge in [-0.3, -0.25) is 0 Å². The van der Waals surface area contributed by atoms with Crippen LogP contribution in [0.4, 0.5) is 0 Å². The fraction of sp³-hybridized carbons (Fsp3) is 1.00. The number of aliphatic hydroxyl groups is 1. The molecule has 0 saturated heterocycles. The van der Waals surface area contributed by atoms with Gasteiger partial charge in [-0.1, -0.05) is 32.6 Å². The zero-order chi connectivity index (χ0) is 12.7. The van der Waals surface area contributed by atoms with Crippen LogP contribution in [0.2, 0.25) is 0 Å². The fourth-order valence-corrected chi connectivity index (χ4v) is 1.63. The molecule has 0 rings (SSSR count). The molecule has 2 nitrogen and oxygen atoms in total. The Bertz CT molecular complexity index is 168. The fourth-order valence-electron chi connectivity index (χ4n) is 1.63. The van der Waals surface area contributed by atoms with E-state index in [9.17, 15) is 5.11 Å². The summed E-state index contributed by atoms with van der Waals surface area (Å²) in [7, 11) is 0. The van der Waals surface area contributed by atoms with Crippen molar-refractivity contribution in [3.8, 4) is 0 Å². The maximum absolute atomic E-state index is 9.58. The van der Waals surface area contributed by atoms with Gasteiger partial charge >= 0.3 is 0 Å². The van der Waals surface area contributed by atoms with Crippen LogP contribution < -0.4 is 0 Å². The number of hydrogen-bond acceptors (Lipinski definition) is 2. The first kappa shape index (κ1) is 15.9. The van der Waals surface area contributed by atoms with Gasteiger partial charge in [0, 0.05) is 0 Å². The molecule has 0 aliphatic heterocycles. The summed E-state index contributed by atoms with van der Waals surface area (Å²) >= 11 is 0. The highest BCUT2D eigenvalue weighted by Gasteiger charge is 2.19. The van der Waals surface area contributed by atoms with Crippen molar-refractivity contribution in [1.82, 2.24) is 0 Å². The van der Waals surface area contributed by atoms with Crippen LogP contribution in [-0.4, -0.2) is 22.9 Å². The SMILES string of the molecule is CCCCCCC(C)(C)OCCC(C)(C)O. The molecule has 0 aliphatic rings. The molecule has 0 aliphatic carbocycles. The van der Waals surface area contributed by atoms with Crippen molar-refractivity contribution < 1.29 is 9.84 Å². The van der Waals surface area contributed by atoms with E-state index in [2.05, 4.69) is 20.8 Å². The van der Waals surface area contributed by atoms with Crippen LogP contribution in [0.3, 0.4) is 0 Å². The topological polar surface area (TPSA) is 29.5 Å². The number of rotatable bonds is 9. The van der Waals surface area contributed by atoms with E-state index in [0.717, 1.165) is 6.42 Å². The van der Waals surface area contributed by atoms with E-state index >= 15 is 0 Å². The molecule has 0 aromatic heterocycles. The zero-order valence-corrected chi connectivity index (χ0v) is 11.8. The second kappa shape index (κ2) is 7.29. The van der Waals surface area contributed by atoms with E-state index in [1.807, 2.05) is 13.8 Å². The van der Waals surface area contributed by atoms with E-state index in [0.29, 0.717) is 13.0 Å². The molecular formula is C14H30O2. The number of unbranched alkanes of at least 4 members (excludes halogenated alkanes) is 3. The van der Waals surface area contributed by atoms with Gasteiger partial charge in [0.05, 0.1) is 17.8 Å². The lowest BCUT2D eigenvalue weighted by Gasteiger charge is -2.27. The minimum atomic E-state index is -0.613. The smallest absolute Gasteiger partial charge is 0.0626 e. The Hall–Kier alpha value is -0.0800. The maximum Gasteiger partial charge on any atom is 0.0626 e. The molecule has 0 fully saturated rings. The highest BCUT2D eigenvalue weighted by molar-refractivity contribution is 4.70. The predicted octanol–water partition coefficient (Wildman–Crippen LogP) is 3.91. The average Bonchev–Trinajstić information content (AvgIpc) is 2.10. The average molecular weight is 230 g/mol. The zero-order valence-electron chi connectivity index (χ0n) is 11.8. The summed E-state index contributed by atoms with van der Waals surface area (Å²) in [5.41, 5.74) is -0.655. The van der Waals surface area contributed by atoms with Crippen LogP contribution in [0.25, 0.3) is 0 Å². The van der Waals surface area contributed by atoms with Gasteiger partial charge in [-0.2, -0.15) is 0 Å². The summed E-state index contributed by atoms with van der Waals surface area (Å²) in [6.45, 7) is 10.8. The molecule has 0 unspecified atom stereocenters. The Kier molecular flexibility index (Phi) is 7.25. The van der Waals surface area contributed by atoms with Crippen LogP contribution in [0.15, 0.2) is 0 Å². The summed E-state index contributed by atoms with van der Waals surface area (Å²) in [5, 5.41) is 9.58. The molecule has 98 valence electrons. The van der Waals surface area contributed by atoms with Crippen LogP contribution in [0, 0.1) is 0 Å². The minimum absolute atomic E-state index is 0.0427. The van der Waals surface area contributed by atoms with E-state index in [1.165, 1.54) is 25.7 Å². The minimum Gasteiger partial charge on any atom is -0.390 e. The number of hydrogen-bond donors (Lipinski definition) is 1. The third-order valence-electron chi connectivity index (χ3n) is 2.84. The molecule has 0 bridgehead atoms. The number of ether oxygens (including phenoxy) is 1. The van der Waals surface area contributed by atoms with Gasteiger partial charge in [0.2, 0.25) is 0 Å². The summed E-state index contributed by atoms with van der Waals surface area (Å²) in [6, 6.07) is 0. The van der Waals surface area contributed by atoms with Gasteiger partial charge in [0.1, 0.15) is 0 Å². The van der Waals surface area contributed by atoms with Gasteiger partial charge < -0.3 is 9.84 Å². The Morgan fingerprint density at radius 1 is 0.938 bits per heavy atom. The first-order valence-electron chi connectivity index (χ1n) is 6.63. The third kappa shape index (κ3) is 10.4. The first-order chi connectivity index (χ1) is 7.27. The van der Waals surface area contributed by atoms with Gasteiger partial charge in [-0.15, -0.1) is 0 Å². The van der Waals surface area contributed by atoms with Crippen molar-refractivity contribution in [2.24, 2.45) is 0 Å². The molecule has 0 radical (unpaired) electrons. The van der Waals surface area contributed by atoms with Crippen molar-refractivity contribution in [3.63, 3.8) is 0 Å². The summed E-state index contributed by atoms with van der Waals surface area (Å²) in [6.07, 6.45) is 6.95. The third-order valence-corrected chi connectivity index (χ3v) is 2.84. The monoisotopic (exact) mass is 230 g/mol. The highest BCUT2D eigenvalue weighted by Crippen LogP contribution is 2.20. The van der Waals surface area contributed by atoms with Gasteiger partial charge in [0.25, 0.3) is 0 Å². The Morgan fingerprint density at radius 2 is 1.56 bits per heavy atom. The second-order valence-electron chi connectivity index (χ2n) is 5.98. The quantitative estimate of drug-likeness (QED) is 0.608. The molecular weight excluding hydrogens is 200 g/mol. The van der Waals surface area contributed by atoms with Crippen LogP contribution in [-0.2, 0) is 4.74 Å². The van der Waals surface area contributed by atoms with E-state index in [4.69, 9.17) is 4.74 Å². The Labute approximate surface area is 101 Å².